The van der Waals surface area contributed by atoms with Gasteiger partial charge in [0.25, 0.3) is 0 Å². The fraction of sp³-hybridized carbons (Fsp3) is 0. The molecule has 2 aliphatic rings. The minimum absolute atomic E-state index is 0.0681. The number of carbonyl (C=O) groups excluding carboxylic acids is 2. The SMILES string of the molecule is O=C1c2ccccc2C(=O)c2c1cc1c(O)c2OS(=O)(=O)O1. The maximum absolute atomic E-state index is 12.6. The summed E-state index contributed by atoms with van der Waals surface area (Å²) in [6, 6.07) is 7.17. The van der Waals surface area contributed by atoms with Crippen molar-refractivity contribution in [3.05, 3.63) is 52.6 Å². The molecule has 0 radical (unpaired) electrons. The highest BCUT2D eigenvalue weighted by Crippen LogP contribution is 2.48. The van der Waals surface area contributed by atoms with E-state index in [-0.39, 0.29) is 22.3 Å². The first-order chi connectivity index (χ1) is 10.4. The molecule has 0 unspecified atom stereocenters. The number of aromatic hydroxyl groups is 1. The van der Waals surface area contributed by atoms with Crippen LogP contribution in [0.3, 0.4) is 0 Å². The molecule has 4 rings (SSSR count). The van der Waals surface area contributed by atoms with Gasteiger partial charge >= 0.3 is 10.4 Å². The number of carbonyl (C=O) groups is 2. The van der Waals surface area contributed by atoms with E-state index < -0.39 is 39.2 Å². The van der Waals surface area contributed by atoms with Crippen LogP contribution >= 0.6 is 0 Å². The van der Waals surface area contributed by atoms with Gasteiger partial charge in [0.1, 0.15) is 0 Å². The average Bonchev–Trinajstić information content (AvgIpc) is 2.46. The molecule has 0 saturated heterocycles. The van der Waals surface area contributed by atoms with Gasteiger partial charge in [-0.2, -0.15) is 0 Å². The van der Waals surface area contributed by atoms with Gasteiger partial charge < -0.3 is 13.5 Å². The lowest BCUT2D eigenvalue weighted by Gasteiger charge is -2.24. The molecule has 110 valence electrons. The molecule has 2 aromatic rings. The summed E-state index contributed by atoms with van der Waals surface area (Å²) < 4.78 is 32.0. The lowest BCUT2D eigenvalue weighted by atomic mass is 9.83. The maximum atomic E-state index is 12.6. The van der Waals surface area contributed by atoms with Crippen LogP contribution in [0.5, 0.6) is 17.2 Å². The molecule has 2 bridgehead atoms. The van der Waals surface area contributed by atoms with Crippen molar-refractivity contribution >= 4 is 22.0 Å². The zero-order valence-electron chi connectivity index (χ0n) is 10.7. The lowest BCUT2D eigenvalue weighted by molar-refractivity contribution is 0.0976. The van der Waals surface area contributed by atoms with Gasteiger partial charge in [-0.3, -0.25) is 9.59 Å². The topological polar surface area (TPSA) is 107 Å². The van der Waals surface area contributed by atoms with E-state index in [1.165, 1.54) is 12.1 Å². The van der Waals surface area contributed by atoms with Crippen LogP contribution in [0.4, 0.5) is 0 Å². The number of ketones is 2. The van der Waals surface area contributed by atoms with Gasteiger partial charge in [-0.05, 0) is 6.07 Å². The molecule has 0 aromatic heterocycles. The van der Waals surface area contributed by atoms with Crippen molar-refractivity contribution in [2.75, 3.05) is 0 Å². The highest BCUT2D eigenvalue weighted by molar-refractivity contribution is 7.82. The van der Waals surface area contributed by atoms with E-state index in [4.69, 9.17) is 0 Å². The van der Waals surface area contributed by atoms with Crippen molar-refractivity contribution < 1.29 is 31.5 Å². The molecule has 1 heterocycles. The zero-order chi connectivity index (χ0) is 15.6. The normalized spacial score (nSPS) is 17.1. The first kappa shape index (κ1) is 12.8. The Labute approximate surface area is 124 Å². The van der Waals surface area contributed by atoms with Crippen molar-refractivity contribution in [2.45, 2.75) is 0 Å². The van der Waals surface area contributed by atoms with Crippen LogP contribution in [-0.4, -0.2) is 25.1 Å². The largest absolute Gasteiger partial charge is 0.502 e. The van der Waals surface area contributed by atoms with Crippen molar-refractivity contribution in [1.29, 1.82) is 0 Å². The summed E-state index contributed by atoms with van der Waals surface area (Å²) in [5.41, 5.74) is -0.0277. The Bertz CT molecular complexity index is 988. The van der Waals surface area contributed by atoms with E-state index in [0.717, 1.165) is 6.07 Å². The Morgan fingerprint density at radius 2 is 1.55 bits per heavy atom. The van der Waals surface area contributed by atoms with Crippen LogP contribution in [0.2, 0.25) is 0 Å². The number of rotatable bonds is 0. The fourth-order valence-corrected chi connectivity index (χ4v) is 3.31. The van der Waals surface area contributed by atoms with Gasteiger partial charge in [0.05, 0.1) is 5.56 Å². The van der Waals surface area contributed by atoms with Crippen LogP contribution in [0.1, 0.15) is 31.8 Å². The first-order valence-electron chi connectivity index (χ1n) is 6.11. The predicted octanol–water partition coefficient (Wildman–Crippen LogP) is 1.18. The molecule has 2 aromatic carbocycles. The number of phenolic OH excluding ortho intramolecular Hbond substituents is 1. The summed E-state index contributed by atoms with van der Waals surface area (Å²) >= 11 is 0. The Morgan fingerprint density at radius 1 is 0.909 bits per heavy atom. The first-order valence-corrected chi connectivity index (χ1v) is 7.44. The minimum Gasteiger partial charge on any atom is -0.502 e. The van der Waals surface area contributed by atoms with Crippen LogP contribution < -0.4 is 8.37 Å². The van der Waals surface area contributed by atoms with Crippen molar-refractivity contribution in [3.63, 3.8) is 0 Å². The van der Waals surface area contributed by atoms with Gasteiger partial charge in [-0.25, -0.2) is 0 Å². The Hall–Kier alpha value is -2.87. The Kier molecular flexibility index (Phi) is 2.25. The predicted molar refractivity (Wildman–Crippen MR) is 71.6 cm³/mol. The maximum Gasteiger partial charge on any atom is 0.501 e. The van der Waals surface area contributed by atoms with E-state index in [1.807, 2.05) is 0 Å². The molecule has 8 heteroatoms. The standard InChI is InChI=1S/C14H6O7S/c15-11-6-3-1-2-4-7(6)12(16)10-8(11)5-9-13(17)14(10)21-22(18,19)20-9/h1-5,17H. The second kappa shape index (κ2) is 3.86. The average molecular weight is 318 g/mol. The Balaban J connectivity index is 2.08. The number of hydrogen-bond acceptors (Lipinski definition) is 7. The van der Waals surface area contributed by atoms with E-state index in [1.54, 1.807) is 12.1 Å². The van der Waals surface area contributed by atoms with Gasteiger partial charge in [-0.1, -0.05) is 24.3 Å². The van der Waals surface area contributed by atoms with Crippen molar-refractivity contribution in [2.24, 2.45) is 0 Å². The molecule has 0 atom stereocenters. The quantitative estimate of drug-likeness (QED) is 0.663. The molecule has 0 fully saturated rings. The van der Waals surface area contributed by atoms with E-state index >= 15 is 0 Å². The summed E-state index contributed by atoms with van der Waals surface area (Å²) in [7, 11) is -4.43. The number of phenols is 1. The van der Waals surface area contributed by atoms with Gasteiger partial charge in [0, 0.05) is 16.7 Å². The molecule has 22 heavy (non-hydrogen) atoms. The van der Waals surface area contributed by atoms with Crippen molar-refractivity contribution in [3.8, 4) is 17.2 Å². The van der Waals surface area contributed by atoms with Crippen LogP contribution in [0.25, 0.3) is 0 Å². The van der Waals surface area contributed by atoms with E-state index in [2.05, 4.69) is 8.37 Å². The summed E-state index contributed by atoms with van der Waals surface area (Å²) in [6.45, 7) is 0. The number of benzene rings is 2. The summed E-state index contributed by atoms with van der Waals surface area (Å²) in [4.78, 5) is 25.0. The van der Waals surface area contributed by atoms with Crippen LogP contribution in [0.15, 0.2) is 30.3 Å². The third-order valence-corrected chi connectivity index (χ3v) is 4.24. The van der Waals surface area contributed by atoms with Gasteiger partial charge in [0.2, 0.25) is 11.5 Å². The number of fused-ring (bicyclic) bond motifs is 5. The summed E-state index contributed by atoms with van der Waals surface area (Å²) in [5, 5.41) is 9.91. The molecule has 1 aliphatic carbocycles. The zero-order valence-corrected chi connectivity index (χ0v) is 11.5. The van der Waals surface area contributed by atoms with Crippen LogP contribution in [0, 0.1) is 0 Å². The minimum atomic E-state index is -4.43. The molecule has 1 aliphatic heterocycles. The van der Waals surface area contributed by atoms with Crippen molar-refractivity contribution in [1.82, 2.24) is 0 Å². The summed E-state index contributed by atoms with van der Waals surface area (Å²) in [6.07, 6.45) is 0. The van der Waals surface area contributed by atoms with E-state index in [0.29, 0.717) is 0 Å². The third kappa shape index (κ3) is 1.52. The smallest absolute Gasteiger partial charge is 0.501 e. The highest BCUT2D eigenvalue weighted by Gasteiger charge is 2.40. The molecule has 0 saturated carbocycles. The molecule has 7 nitrogen and oxygen atoms in total. The molecule has 0 spiro atoms. The second-order valence-electron chi connectivity index (χ2n) is 4.75. The molecular weight excluding hydrogens is 312 g/mol. The third-order valence-electron chi connectivity index (χ3n) is 3.49. The Morgan fingerprint density at radius 3 is 2.23 bits per heavy atom. The molecule has 1 N–H and O–H groups in total. The molecular formula is C14H6O7S. The van der Waals surface area contributed by atoms with Gasteiger partial charge in [0.15, 0.2) is 17.3 Å². The van der Waals surface area contributed by atoms with Crippen LogP contribution in [-0.2, 0) is 10.4 Å². The summed E-state index contributed by atoms with van der Waals surface area (Å²) in [5.74, 6) is -2.72. The highest BCUT2D eigenvalue weighted by atomic mass is 32.3. The molecule has 0 amide bonds. The second-order valence-corrected chi connectivity index (χ2v) is 5.90. The monoisotopic (exact) mass is 318 g/mol. The fourth-order valence-electron chi connectivity index (χ4n) is 2.56. The van der Waals surface area contributed by atoms with E-state index in [9.17, 15) is 23.1 Å². The van der Waals surface area contributed by atoms with Gasteiger partial charge in [-0.15, -0.1) is 8.42 Å². The number of hydrogen-bond donors (Lipinski definition) is 1. The lowest BCUT2D eigenvalue weighted by Crippen LogP contribution is -2.27.